The van der Waals surface area contributed by atoms with Crippen molar-refractivity contribution in [3.63, 3.8) is 0 Å². The molecule has 0 heterocycles. The van der Waals surface area contributed by atoms with Crippen LogP contribution in [0, 0.1) is 0 Å². The number of phenols is 1. The Morgan fingerprint density at radius 3 is 2.45 bits per heavy atom. The fourth-order valence-electron chi connectivity index (χ4n) is 1.57. The largest absolute Gasteiger partial charge is 0.508 e. The number of carbonyl (C=O) groups is 1. The number of rotatable bonds is 6. The Labute approximate surface area is 131 Å². The minimum atomic E-state index is -0.659. The summed E-state index contributed by atoms with van der Waals surface area (Å²) < 4.78 is 0. The van der Waals surface area contributed by atoms with E-state index < -0.39 is 6.04 Å². The lowest BCUT2D eigenvalue weighted by Crippen LogP contribution is -2.41. The second-order valence-electron chi connectivity index (χ2n) is 4.32. The zero-order valence-corrected chi connectivity index (χ0v) is 13.0. The van der Waals surface area contributed by atoms with E-state index in [0.717, 1.165) is 12.7 Å². The third-order valence-electron chi connectivity index (χ3n) is 2.68. The van der Waals surface area contributed by atoms with Crippen LogP contribution in [0.25, 0.3) is 0 Å². The number of aliphatic hydroxyl groups excluding tert-OH is 1. The summed E-state index contributed by atoms with van der Waals surface area (Å²) in [6, 6.07) is 5.97. The number of phenolic OH excluding ortho intramolecular Hbond substituents is 1. The normalized spacial score (nSPS) is 12.3. The molecule has 0 saturated heterocycles. The maximum Gasteiger partial charge on any atom is 0.241 e. The molecule has 1 amide bonds. The number of carbonyl (C=O) groups excluding carboxylic acids is 1. The summed E-state index contributed by atoms with van der Waals surface area (Å²) in [4.78, 5) is 11.9. The van der Waals surface area contributed by atoms with Gasteiger partial charge in [-0.15, -0.1) is 0 Å². The van der Waals surface area contributed by atoms with Crippen LogP contribution in [0.15, 0.2) is 60.8 Å². The molecule has 5 nitrogen and oxygen atoms in total. The molecule has 0 aliphatic carbocycles. The van der Waals surface area contributed by atoms with Gasteiger partial charge in [-0.05, 0) is 43.2 Å². The first-order chi connectivity index (χ1) is 10.6. The number of hydrogen-bond acceptors (Lipinski definition) is 4. The predicted octanol–water partition coefficient (Wildman–Crippen LogP) is 1.63. The molecule has 0 aliphatic rings. The van der Waals surface area contributed by atoms with Gasteiger partial charge in [0.1, 0.15) is 5.75 Å². The molecule has 1 aromatic rings. The molecule has 22 heavy (non-hydrogen) atoms. The molecule has 0 radical (unpaired) electrons. The number of nitrogens with two attached hydrogens (primary N) is 1. The second kappa shape index (κ2) is 11.3. The average Bonchev–Trinajstić information content (AvgIpc) is 2.55. The van der Waals surface area contributed by atoms with Crippen molar-refractivity contribution in [3.8, 4) is 5.75 Å². The Hall–Kier alpha value is -2.37. The van der Waals surface area contributed by atoms with E-state index in [2.05, 4.69) is 11.9 Å². The minimum Gasteiger partial charge on any atom is -0.508 e. The van der Waals surface area contributed by atoms with E-state index in [9.17, 15) is 9.90 Å². The highest BCUT2D eigenvalue weighted by Gasteiger charge is 2.14. The Balaban J connectivity index is 0.00000211. The van der Waals surface area contributed by atoms with E-state index in [-0.39, 0.29) is 11.7 Å². The smallest absolute Gasteiger partial charge is 0.241 e. The number of nitrogens with one attached hydrogen (secondary N) is 1. The molecule has 0 spiro atoms. The first-order valence-corrected chi connectivity index (χ1v) is 6.81. The van der Waals surface area contributed by atoms with Crippen molar-refractivity contribution in [2.75, 3.05) is 7.11 Å². The quantitative estimate of drug-likeness (QED) is 0.601. The molecule has 0 saturated carbocycles. The van der Waals surface area contributed by atoms with Gasteiger partial charge in [-0.25, -0.2) is 0 Å². The van der Waals surface area contributed by atoms with Crippen molar-refractivity contribution >= 4 is 5.91 Å². The van der Waals surface area contributed by atoms with E-state index in [1.807, 2.05) is 19.1 Å². The molecule has 1 aromatic carbocycles. The third kappa shape index (κ3) is 7.42. The molecule has 0 unspecified atom stereocenters. The number of amides is 1. The molecule has 0 aromatic heterocycles. The fourth-order valence-corrected chi connectivity index (χ4v) is 1.57. The molecular formula is C17H24N2O3. The summed E-state index contributed by atoms with van der Waals surface area (Å²) in [6.45, 7) is 5.52. The molecule has 5 N–H and O–H groups in total. The Bertz CT molecular complexity index is 519. The minimum absolute atomic E-state index is 0.190. The van der Waals surface area contributed by atoms with E-state index in [1.165, 1.54) is 0 Å². The second-order valence-corrected chi connectivity index (χ2v) is 4.32. The molecule has 0 bridgehead atoms. The highest BCUT2D eigenvalue weighted by Crippen LogP contribution is 2.11. The lowest BCUT2D eigenvalue weighted by atomic mass is 10.1. The van der Waals surface area contributed by atoms with Crippen LogP contribution >= 0.6 is 0 Å². The van der Waals surface area contributed by atoms with Crippen LogP contribution in [0.4, 0.5) is 0 Å². The van der Waals surface area contributed by atoms with Crippen molar-refractivity contribution in [2.45, 2.75) is 19.4 Å². The maximum absolute atomic E-state index is 11.9. The molecule has 1 rings (SSSR count). The fraction of sp³-hybridized carbons (Fsp3) is 0.235. The van der Waals surface area contributed by atoms with Gasteiger partial charge in [0.15, 0.2) is 0 Å². The van der Waals surface area contributed by atoms with Crippen molar-refractivity contribution in [1.82, 2.24) is 5.32 Å². The average molecular weight is 304 g/mol. The van der Waals surface area contributed by atoms with Crippen LogP contribution in [0.3, 0.4) is 0 Å². The number of aliphatic hydroxyl groups is 1. The van der Waals surface area contributed by atoms with Gasteiger partial charge in [-0.3, -0.25) is 4.79 Å². The third-order valence-corrected chi connectivity index (χ3v) is 2.68. The molecular weight excluding hydrogens is 280 g/mol. The maximum atomic E-state index is 11.9. The van der Waals surface area contributed by atoms with Crippen LogP contribution in [0.1, 0.15) is 12.5 Å². The predicted molar refractivity (Wildman–Crippen MR) is 89.2 cm³/mol. The van der Waals surface area contributed by atoms with E-state index in [1.54, 1.807) is 36.4 Å². The van der Waals surface area contributed by atoms with Crippen molar-refractivity contribution < 1.29 is 15.0 Å². The standard InChI is InChI=1S/C16H20N2O2.CH4O/c1-3-5-6-13(4-2)18-16(20)15(17)11-12-7-9-14(19)10-8-12;1-2/h3-10,15,19H,2,11,17H2,1H3,(H,18,20);2H,1H3/b5-3-,13-6+;/t15-;/m0./s1. The summed E-state index contributed by atoms with van der Waals surface area (Å²) in [7, 11) is 1.00. The Morgan fingerprint density at radius 1 is 1.36 bits per heavy atom. The van der Waals surface area contributed by atoms with Gasteiger partial charge in [-0.1, -0.05) is 30.9 Å². The Morgan fingerprint density at radius 2 is 1.95 bits per heavy atom. The van der Waals surface area contributed by atoms with Crippen LogP contribution in [-0.4, -0.2) is 29.3 Å². The van der Waals surface area contributed by atoms with Gasteiger partial charge in [-0.2, -0.15) is 0 Å². The van der Waals surface area contributed by atoms with Crippen LogP contribution < -0.4 is 11.1 Å². The Kier molecular flexibility index (Phi) is 10.1. The molecule has 5 heteroatoms. The summed E-state index contributed by atoms with van der Waals surface area (Å²) in [6.07, 6.45) is 7.37. The first-order valence-electron chi connectivity index (χ1n) is 6.81. The molecule has 120 valence electrons. The summed E-state index contributed by atoms with van der Waals surface area (Å²) in [5.41, 5.74) is 7.36. The summed E-state index contributed by atoms with van der Waals surface area (Å²) >= 11 is 0. The van der Waals surface area contributed by atoms with Crippen LogP contribution in [-0.2, 0) is 11.2 Å². The molecule has 0 aliphatic heterocycles. The van der Waals surface area contributed by atoms with Crippen LogP contribution in [0.2, 0.25) is 0 Å². The lowest BCUT2D eigenvalue weighted by molar-refractivity contribution is -0.121. The summed E-state index contributed by atoms with van der Waals surface area (Å²) in [5.74, 6) is -0.0799. The highest BCUT2D eigenvalue weighted by molar-refractivity contribution is 5.83. The number of hydrogen-bond donors (Lipinski definition) is 4. The topological polar surface area (TPSA) is 95.6 Å². The molecule has 1 atom stereocenters. The van der Waals surface area contributed by atoms with Gasteiger partial charge in [0.2, 0.25) is 5.91 Å². The van der Waals surface area contributed by atoms with Gasteiger partial charge in [0.25, 0.3) is 0 Å². The van der Waals surface area contributed by atoms with Gasteiger partial charge in [0, 0.05) is 12.8 Å². The van der Waals surface area contributed by atoms with Gasteiger partial charge in [0.05, 0.1) is 6.04 Å². The number of allylic oxidation sites excluding steroid dienone is 4. The van der Waals surface area contributed by atoms with Gasteiger partial charge >= 0.3 is 0 Å². The zero-order valence-electron chi connectivity index (χ0n) is 13.0. The highest BCUT2D eigenvalue weighted by atomic mass is 16.3. The lowest BCUT2D eigenvalue weighted by Gasteiger charge is -2.12. The van der Waals surface area contributed by atoms with E-state index in [4.69, 9.17) is 10.8 Å². The van der Waals surface area contributed by atoms with E-state index >= 15 is 0 Å². The van der Waals surface area contributed by atoms with Crippen molar-refractivity contribution in [3.05, 3.63) is 66.4 Å². The molecule has 0 fully saturated rings. The first kappa shape index (κ1) is 19.6. The van der Waals surface area contributed by atoms with Crippen molar-refractivity contribution in [1.29, 1.82) is 0 Å². The number of benzene rings is 1. The summed E-state index contributed by atoms with van der Waals surface area (Å²) in [5, 5.41) is 18.9. The van der Waals surface area contributed by atoms with Crippen LogP contribution in [0.5, 0.6) is 5.75 Å². The van der Waals surface area contributed by atoms with Gasteiger partial charge < -0.3 is 21.3 Å². The van der Waals surface area contributed by atoms with Crippen molar-refractivity contribution in [2.24, 2.45) is 5.73 Å². The van der Waals surface area contributed by atoms with E-state index in [0.29, 0.717) is 12.1 Å². The monoisotopic (exact) mass is 304 g/mol. The SMILES string of the molecule is C=C/C(=C\C=C/C)NC(=O)[C@@H](N)Cc1ccc(O)cc1.CO. The number of aromatic hydroxyl groups is 1. The zero-order chi connectivity index (χ0) is 17.0.